The lowest BCUT2D eigenvalue weighted by atomic mass is 10.1. The number of rotatable bonds is 1. The number of hydrogen-bond acceptors (Lipinski definition) is 2. The second-order valence-corrected chi connectivity index (χ2v) is 4.87. The Balaban J connectivity index is 1.93. The fourth-order valence-electron chi connectivity index (χ4n) is 2.90. The predicted molar refractivity (Wildman–Crippen MR) is 60.3 cm³/mol. The molecule has 1 aromatic heterocycles. The van der Waals surface area contributed by atoms with Gasteiger partial charge >= 0.3 is 0 Å². The minimum Gasteiger partial charge on any atom is -0.370 e. The topological polar surface area (TPSA) is 47.0 Å². The Hall–Kier alpha value is -1.03. The van der Waals surface area contributed by atoms with Crippen molar-refractivity contribution < 1.29 is 4.74 Å². The number of nitrogens with zero attached hydrogens (tertiary/aromatic N) is 1. The highest BCUT2D eigenvalue weighted by Gasteiger charge is 2.25. The van der Waals surface area contributed by atoms with Gasteiger partial charge < -0.3 is 4.74 Å². The van der Waals surface area contributed by atoms with Crippen molar-refractivity contribution in [3.63, 3.8) is 0 Å². The van der Waals surface area contributed by atoms with Gasteiger partial charge in [-0.25, -0.2) is 0 Å². The van der Waals surface area contributed by atoms with Crippen LogP contribution in [-0.2, 0) is 18.0 Å². The van der Waals surface area contributed by atoms with Crippen LogP contribution in [0.3, 0.4) is 0 Å². The third kappa shape index (κ3) is 1.61. The summed E-state index contributed by atoms with van der Waals surface area (Å²) in [7, 11) is 0. The molecule has 1 aliphatic carbocycles. The first-order valence-corrected chi connectivity index (χ1v) is 6.26. The predicted octanol–water partition coefficient (Wildman–Crippen LogP) is 2.10. The van der Waals surface area contributed by atoms with Crippen molar-refractivity contribution in [3.05, 3.63) is 21.6 Å². The van der Waals surface area contributed by atoms with Crippen molar-refractivity contribution in [2.45, 2.75) is 57.8 Å². The molecule has 16 heavy (non-hydrogen) atoms. The quantitative estimate of drug-likeness (QED) is 0.740. The summed E-state index contributed by atoms with van der Waals surface area (Å²) >= 11 is 0. The third-order valence-corrected chi connectivity index (χ3v) is 3.81. The van der Waals surface area contributed by atoms with E-state index in [1.54, 1.807) is 0 Å². The summed E-state index contributed by atoms with van der Waals surface area (Å²) in [6, 6.07) is 0.487. The molecule has 0 saturated heterocycles. The van der Waals surface area contributed by atoms with Crippen molar-refractivity contribution in [2.24, 2.45) is 0 Å². The molecule has 3 rings (SSSR count). The summed E-state index contributed by atoms with van der Waals surface area (Å²) in [5, 5.41) is 2.99. The van der Waals surface area contributed by atoms with E-state index in [0.717, 1.165) is 11.3 Å². The van der Waals surface area contributed by atoms with E-state index in [4.69, 9.17) is 4.74 Å². The average molecular weight is 222 g/mol. The van der Waals surface area contributed by atoms with Gasteiger partial charge in [-0.05, 0) is 12.8 Å². The zero-order valence-corrected chi connectivity index (χ0v) is 9.50. The van der Waals surface area contributed by atoms with Crippen molar-refractivity contribution in [2.75, 3.05) is 0 Å². The van der Waals surface area contributed by atoms with Crippen molar-refractivity contribution in [1.82, 2.24) is 9.78 Å². The van der Waals surface area contributed by atoms with Crippen molar-refractivity contribution >= 4 is 0 Å². The van der Waals surface area contributed by atoms with Gasteiger partial charge in [-0.3, -0.25) is 14.6 Å². The van der Waals surface area contributed by atoms with Gasteiger partial charge in [-0.2, -0.15) is 0 Å². The van der Waals surface area contributed by atoms with E-state index in [1.807, 2.05) is 0 Å². The summed E-state index contributed by atoms with van der Waals surface area (Å²) in [5.41, 5.74) is 2.00. The van der Waals surface area contributed by atoms with Crippen LogP contribution in [0.4, 0.5) is 0 Å². The molecule has 0 amide bonds. The second-order valence-electron chi connectivity index (χ2n) is 4.87. The summed E-state index contributed by atoms with van der Waals surface area (Å²) in [4.78, 5) is 11.7. The number of hydrogen-bond donors (Lipinski definition) is 1. The van der Waals surface area contributed by atoms with E-state index in [9.17, 15) is 4.79 Å². The highest BCUT2D eigenvalue weighted by Crippen LogP contribution is 2.29. The van der Waals surface area contributed by atoms with Gasteiger partial charge in [0.15, 0.2) is 0 Å². The minimum atomic E-state index is 0.0525. The number of aromatic amines is 1. The Bertz CT molecular complexity index is 425. The van der Waals surface area contributed by atoms with Crippen LogP contribution in [0, 0.1) is 0 Å². The molecule has 0 aromatic carbocycles. The molecule has 0 unspecified atom stereocenters. The van der Waals surface area contributed by atoms with Gasteiger partial charge in [0.2, 0.25) is 0 Å². The first-order valence-electron chi connectivity index (χ1n) is 6.26. The normalized spacial score (nSPS) is 22.0. The zero-order valence-electron chi connectivity index (χ0n) is 9.50. The Morgan fingerprint density at radius 3 is 2.62 bits per heavy atom. The highest BCUT2D eigenvalue weighted by atomic mass is 16.5. The molecule has 1 fully saturated rings. The fourth-order valence-corrected chi connectivity index (χ4v) is 2.90. The molecule has 0 radical (unpaired) electrons. The zero-order chi connectivity index (χ0) is 11.0. The van der Waals surface area contributed by atoms with Crippen LogP contribution in [0.2, 0.25) is 0 Å². The summed E-state index contributed by atoms with van der Waals surface area (Å²) in [5.74, 6) is 0. The van der Waals surface area contributed by atoms with Gasteiger partial charge in [0, 0.05) is 0 Å². The molecular formula is C12H18N2O2. The van der Waals surface area contributed by atoms with Crippen LogP contribution in [-0.4, -0.2) is 9.78 Å². The summed E-state index contributed by atoms with van der Waals surface area (Å²) < 4.78 is 7.45. The van der Waals surface area contributed by atoms with E-state index in [2.05, 4.69) is 9.78 Å². The maximum Gasteiger partial charge on any atom is 0.269 e. The Kier molecular flexibility index (Phi) is 2.59. The third-order valence-electron chi connectivity index (χ3n) is 3.81. The molecule has 1 aliphatic heterocycles. The van der Waals surface area contributed by atoms with Gasteiger partial charge in [-0.1, -0.05) is 25.7 Å². The van der Waals surface area contributed by atoms with Crippen LogP contribution < -0.4 is 5.56 Å². The number of H-pyrrole nitrogens is 1. The van der Waals surface area contributed by atoms with E-state index < -0.39 is 0 Å². The van der Waals surface area contributed by atoms with Crippen LogP contribution in [0.5, 0.6) is 0 Å². The molecule has 1 saturated carbocycles. The molecule has 4 nitrogen and oxygen atoms in total. The lowest BCUT2D eigenvalue weighted by molar-refractivity contribution is 0.127. The molecule has 88 valence electrons. The molecule has 1 N–H and O–H groups in total. The Labute approximate surface area is 94.6 Å². The first kappa shape index (κ1) is 10.1. The Morgan fingerprint density at radius 1 is 1.12 bits per heavy atom. The monoisotopic (exact) mass is 222 g/mol. The number of aromatic nitrogens is 2. The van der Waals surface area contributed by atoms with Gasteiger partial charge in [0.05, 0.1) is 30.5 Å². The highest BCUT2D eigenvalue weighted by molar-refractivity contribution is 5.20. The average Bonchev–Trinajstić information content (AvgIpc) is 2.75. The Morgan fingerprint density at radius 2 is 1.88 bits per heavy atom. The van der Waals surface area contributed by atoms with Gasteiger partial charge in [0.25, 0.3) is 5.56 Å². The van der Waals surface area contributed by atoms with E-state index in [1.165, 1.54) is 38.5 Å². The van der Waals surface area contributed by atoms with Crippen molar-refractivity contribution in [1.29, 1.82) is 0 Å². The SMILES string of the molecule is O=c1[nH]n(C2CCCCCC2)c2c1COC2. The van der Waals surface area contributed by atoms with Gasteiger partial charge in [0.1, 0.15) is 0 Å². The molecule has 0 bridgehead atoms. The maximum atomic E-state index is 11.7. The number of fused-ring (bicyclic) bond motifs is 1. The maximum absolute atomic E-state index is 11.7. The molecule has 0 spiro atoms. The second kappa shape index (κ2) is 4.09. The molecule has 2 aliphatic rings. The first-order chi connectivity index (χ1) is 7.86. The molecular weight excluding hydrogens is 204 g/mol. The fraction of sp³-hybridized carbons (Fsp3) is 0.750. The van der Waals surface area contributed by atoms with Crippen LogP contribution >= 0.6 is 0 Å². The molecule has 4 heteroatoms. The van der Waals surface area contributed by atoms with E-state index in [-0.39, 0.29) is 5.56 Å². The van der Waals surface area contributed by atoms with E-state index >= 15 is 0 Å². The standard InChI is InChI=1S/C12H18N2O2/c15-12-10-7-16-8-11(10)14(13-12)9-5-3-1-2-4-6-9/h9H,1-8H2,(H,13,15). The molecule has 1 aromatic rings. The van der Waals surface area contributed by atoms with Crippen LogP contribution in [0.15, 0.2) is 4.79 Å². The number of ether oxygens (including phenoxy) is 1. The van der Waals surface area contributed by atoms with Crippen LogP contribution in [0.1, 0.15) is 55.8 Å². The van der Waals surface area contributed by atoms with Gasteiger partial charge in [-0.15, -0.1) is 0 Å². The summed E-state index contributed by atoms with van der Waals surface area (Å²) in [6.07, 6.45) is 7.61. The number of nitrogens with one attached hydrogen (secondary N) is 1. The lowest BCUT2D eigenvalue weighted by Crippen LogP contribution is -2.15. The van der Waals surface area contributed by atoms with Crippen molar-refractivity contribution in [3.8, 4) is 0 Å². The summed E-state index contributed by atoms with van der Waals surface area (Å²) in [6.45, 7) is 1.09. The van der Waals surface area contributed by atoms with E-state index in [0.29, 0.717) is 19.3 Å². The van der Waals surface area contributed by atoms with Crippen LogP contribution in [0.25, 0.3) is 0 Å². The minimum absolute atomic E-state index is 0.0525. The smallest absolute Gasteiger partial charge is 0.269 e. The lowest BCUT2D eigenvalue weighted by Gasteiger charge is -2.17. The molecule has 0 atom stereocenters. The largest absolute Gasteiger partial charge is 0.370 e. The molecule has 2 heterocycles.